The van der Waals surface area contributed by atoms with E-state index in [0.29, 0.717) is 0 Å². The molecule has 0 bridgehead atoms. The van der Waals surface area contributed by atoms with Crippen molar-refractivity contribution in [1.29, 1.82) is 0 Å². The van der Waals surface area contributed by atoms with Crippen molar-refractivity contribution in [3.8, 4) is 0 Å². The third kappa shape index (κ3) is 5.86. The second kappa shape index (κ2) is 8.88. The lowest BCUT2D eigenvalue weighted by molar-refractivity contribution is 0.291. The molecule has 0 saturated carbocycles. The summed E-state index contributed by atoms with van der Waals surface area (Å²) < 4.78 is 0. The van der Waals surface area contributed by atoms with Crippen molar-refractivity contribution >= 4 is 0 Å². The van der Waals surface area contributed by atoms with Gasteiger partial charge >= 0.3 is 0 Å². The van der Waals surface area contributed by atoms with Gasteiger partial charge in [-0.1, -0.05) is 26.2 Å². The van der Waals surface area contributed by atoms with E-state index in [1.165, 1.54) is 32.2 Å². The summed E-state index contributed by atoms with van der Waals surface area (Å²) in [5.41, 5.74) is 0. The average Bonchev–Trinajstić information content (AvgIpc) is 2.62. The van der Waals surface area contributed by atoms with Gasteiger partial charge in [0.2, 0.25) is 0 Å². The number of nitrogens with zero attached hydrogens (tertiary/aromatic N) is 2. The van der Waals surface area contributed by atoms with E-state index in [1.807, 2.05) is 0 Å². The van der Waals surface area contributed by atoms with Gasteiger partial charge in [-0.05, 0) is 6.42 Å². The molecular weight excluding hydrogens is 176 g/mol. The first kappa shape index (κ1) is 13.3. The van der Waals surface area contributed by atoms with Gasteiger partial charge in [0.1, 0.15) is 0 Å². The Morgan fingerprint density at radius 3 is 2.36 bits per heavy atom. The topological polar surface area (TPSA) is 26.7 Å². The Balaban J connectivity index is 0.000000791. The summed E-state index contributed by atoms with van der Waals surface area (Å²) in [6.45, 7) is 4.55. The van der Waals surface area contributed by atoms with Crippen LogP contribution in [0.1, 0.15) is 32.6 Å². The zero-order valence-electron chi connectivity index (χ0n) is 9.74. The highest BCUT2D eigenvalue weighted by molar-refractivity contribution is 4.88. The molecule has 1 aliphatic heterocycles. The van der Waals surface area contributed by atoms with E-state index in [-0.39, 0.29) is 0 Å². The molecule has 0 aromatic carbocycles. The Kier molecular flexibility index (Phi) is 8.43. The van der Waals surface area contributed by atoms with Gasteiger partial charge in [-0.25, -0.2) is 0 Å². The maximum Gasteiger partial charge on any atom is 0.0890 e. The number of aliphatic hydroxyl groups is 1. The highest BCUT2D eigenvalue weighted by atomic mass is 16.2. The number of unbranched alkanes of at least 4 members (excludes halogenated alkanes) is 3. The van der Waals surface area contributed by atoms with E-state index in [2.05, 4.69) is 36.2 Å². The molecule has 1 aliphatic rings. The molecule has 0 spiro atoms. The van der Waals surface area contributed by atoms with Crippen molar-refractivity contribution in [3.05, 3.63) is 12.4 Å². The first-order chi connectivity index (χ1) is 6.83. The summed E-state index contributed by atoms with van der Waals surface area (Å²) in [5.74, 6) is 0. The van der Waals surface area contributed by atoms with E-state index in [4.69, 9.17) is 5.11 Å². The van der Waals surface area contributed by atoms with Crippen molar-refractivity contribution in [2.45, 2.75) is 32.6 Å². The van der Waals surface area contributed by atoms with E-state index in [1.54, 1.807) is 0 Å². The van der Waals surface area contributed by atoms with Gasteiger partial charge in [0.05, 0.1) is 6.67 Å². The fourth-order valence-electron chi connectivity index (χ4n) is 1.48. The first-order valence-corrected chi connectivity index (χ1v) is 5.40. The van der Waals surface area contributed by atoms with E-state index < -0.39 is 0 Å². The van der Waals surface area contributed by atoms with Gasteiger partial charge in [-0.15, -0.1) is 0 Å². The maximum absolute atomic E-state index is 7.00. The lowest BCUT2D eigenvalue weighted by Gasteiger charge is -2.17. The predicted octanol–water partition coefficient (Wildman–Crippen LogP) is 1.85. The fourth-order valence-corrected chi connectivity index (χ4v) is 1.48. The van der Waals surface area contributed by atoms with Crippen LogP contribution in [-0.4, -0.2) is 42.3 Å². The van der Waals surface area contributed by atoms with Crippen LogP contribution in [0, 0.1) is 0 Å². The van der Waals surface area contributed by atoms with Crippen LogP contribution in [0.2, 0.25) is 0 Å². The molecule has 0 aromatic heterocycles. The van der Waals surface area contributed by atoms with Gasteiger partial charge in [-0.2, -0.15) is 0 Å². The zero-order valence-corrected chi connectivity index (χ0v) is 9.74. The van der Waals surface area contributed by atoms with Crippen LogP contribution in [0.4, 0.5) is 0 Å². The van der Waals surface area contributed by atoms with Gasteiger partial charge in [-0.3, -0.25) is 0 Å². The van der Waals surface area contributed by atoms with Crippen molar-refractivity contribution in [1.82, 2.24) is 9.80 Å². The molecule has 84 valence electrons. The smallest absolute Gasteiger partial charge is 0.0890 e. The first-order valence-electron chi connectivity index (χ1n) is 5.40. The summed E-state index contributed by atoms with van der Waals surface area (Å²) in [4.78, 5) is 4.58. The third-order valence-corrected chi connectivity index (χ3v) is 2.24. The maximum atomic E-state index is 7.00. The van der Waals surface area contributed by atoms with Gasteiger partial charge in [0.25, 0.3) is 0 Å². The Hall–Kier alpha value is -0.700. The van der Waals surface area contributed by atoms with Crippen LogP contribution in [0.15, 0.2) is 12.4 Å². The van der Waals surface area contributed by atoms with E-state index in [0.717, 1.165) is 13.8 Å². The van der Waals surface area contributed by atoms with Crippen LogP contribution in [0.3, 0.4) is 0 Å². The number of hydrogen-bond acceptors (Lipinski definition) is 3. The minimum atomic E-state index is 1.00. The molecular formula is C11H24N2O. The summed E-state index contributed by atoms with van der Waals surface area (Å²) in [6, 6.07) is 0. The number of aliphatic hydroxyl groups excluding tert-OH is 1. The van der Waals surface area contributed by atoms with Crippen LogP contribution >= 0.6 is 0 Å². The Morgan fingerprint density at radius 1 is 1.14 bits per heavy atom. The summed E-state index contributed by atoms with van der Waals surface area (Å²) in [6.07, 6.45) is 9.76. The molecule has 0 unspecified atom stereocenters. The quantitative estimate of drug-likeness (QED) is 0.686. The Bertz CT molecular complexity index is 148. The monoisotopic (exact) mass is 200 g/mol. The fraction of sp³-hybridized carbons (Fsp3) is 0.818. The number of rotatable bonds is 5. The van der Waals surface area contributed by atoms with Crippen molar-refractivity contribution in [2.75, 3.05) is 27.4 Å². The van der Waals surface area contributed by atoms with Crippen LogP contribution in [-0.2, 0) is 0 Å². The minimum absolute atomic E-state index is 1.00. The van der Waals surface area contributed by atoms with Gasteiger partial charge in [0.15, 0.2) is 0 Å². The van der Waals surface area contributed by atoms with Gasteiger partial charge in [0, 0.05) is 33.1 Å². The molecule has 1 rings (SSSR count). The molecule has 1 heterocycles. The highest BCUT2D eigenvalue weighted by Crippen LogP contribution is 2.06. The van der Waals surface area contributed by atoms with Crippen molar-refractivity contribution in [2.24, 2.45) is 0 Å². The van der Waals surface area contributed by atoms with Crippen LogP contribution in [0.5, 0.6) is 0 Å². The SMILES string of the molecule is CCCCCCN1C=CN(C)C1.CO. The summed E-state index contributed by atoms with van der Waals surface area (Å²) in [7, 11) is 3.11. The molecule has 0 fully saturated rings. The van der Waals surface area contributed by atoms with Crippen LogP contribution < -0.4 is 0 Å². The van der Waals surface area contributed by atoms with Crippen molar-refractivity contribution in [3.63, 3.8) is 0 Å². The second-order valence-corrected chi connectivity index (χ2v) is 3.57. The average molecular weight is 200 g/mol. The molecule has 0 atom stereocenters. The molecule has 0 radical (unpaired) electrons. The molecule has 3 nitrogen and oxygen atoms in total. The molecule has 14 heavy (non-hydrogen) atoms. The number of hydrogen-bond donors (Lipinski definition) is 1. The molecule has 1 N–H and O–H groups in total. The molecule has 0 aromatic rings. The lowest BCUT2D eigenvalue weighted by Crippen LogP contribution is -2.23. The minimum Gasteiger partial charge on any atom is -0.400 e. The summed E-state index contributed by atoms with van der Waals surface area (Å²) >= 11 is 0. The van der Waals surface area contributed by atoms with Crippen molar-refractivity contribution < 1.29 is 5.11 Å². The molecule has 0 saturated heterocycles. The normalized spacial score (nSPS) is 14.3. The standard InChI is InChI=1S/C10H20N2.CH4O/c1-3-4-5-6-7-12-9-8-11(2)10-12;1-2/h8-9H,3-7,10H2,1-2H3;2H,1H3. The van der Waals surface area contributed by atoms with E-state index in [9.17, 15) is 0 Å². The summed E-state index contributed by atoms with van der Waals surface area (Å²) in [5, 5.41) is 7.00. The second-order valence-electron chi connectivity index (χ2n) is 3.57. The predicted molar refractivity (Wildman–Crippen MR) is 60.8 cm³/mol. The van der Waals surface area contributed by atoms with Gasteiger partial charge < -0.3 is 14.9 Å². The van der Waals surface area contributed by atoms with E-state index >= 15 is 0 Å². The lowest BCUT2D eigenvalue weighted by atomic mass is 10.2. The Morgan fingerprint density at radius 2 is 1.86 bits per heavy atom. The largest absolute Gasteiger partial charge is 0.400 e. The molecule has 3 heteroatoms. The molecule has 0 amide bonds. The highest BCUT2D eigenvalue weighted by Gasteiger charge is 2.06. The molecule has 0 aliphatic carbocycles. The zero-order chi connectivity index (χ0) is 10.8. The van der Waals surface area contributed by atoms with Crippen LogP contribution in [0.25, 0.3) is 0 Å². The third-order valence-electron chi connectivity index (χ3n) is 2.24. The Labute approximate surface area is 88.0 Å².